The number of hydrogen-bond donors (Lipinski definition) is 1. The molecule has 16 heavy (non-hydrogen) atoms. The molecule has 3 heteroatoms. The van der Waals surface area contributed by atoms with Crippen LogP contribution in [-0.4, -0.2) is 48.1 Å². The van der Waals surface area contributed by atoms with Crippen molar-refractivity contribution in [3.05, 3.63) is 0 Å². The highest BCUT2D eigenvalue weighted by molar-refractivity contribution is 7.99. The molecule has 0 spiro atoms. The first-order chi connectivity index (χ1) is 7.86. The summed E-state index contributed by atoms with van der Waals surface area (Å²) in [5, 5.41) is 3.70. The molecule has 0 aromatic heterocycles. The van der Waals surface area contributed by atoms with E-state index in [4.69, 9.17) is 0 Å². The van der Waals surface area contributed by atoms with E-state index >= 15 is 0 Å². The fourth-order valence-electron chi connectivity index (χ4n) is 2.81. The maximum absolute atomic E-state index is 3.70. The molecule has 1 saturated heterocycles. The third kappa shape index (κ3) is 3.94. The van der Waals surface area contributed by atoms with Crippen molar-refractivity contribution < 1.29 is 0 Å². The molecule has 1 aliphatic heterocycles. The molecule has 1 atom stereocenters. The highest BCUT2D eigenvalue weighted by Gasteiger charge is 2.18. The number of hydrogen-bond acceptors (Lipinski definition) is 3. The van der Waals surface area contributed by atoms with Gasteiger partial charge in [-0.05, 0) is 39.3 Å². The first kappa shape index (κ1) is 12.7. The summed E-state index contributed by atoms with van der Waals surface area (Å²) in [6, 6.07) is 1.64. The van der Waals surface area contributed by atoms with E-state index in [-0.39, 0.29) is 0 Å². The van der Waals surface area contributed by atoms with Gasteiger partial charge in [0.15, 0.2) is 0 Å². The minimum Gasteiger partial charge on any atom is -0.314 e. The Labute approximate surface area is 105 Å². The van der Waals surface area contributed by atoms with Crippen LogP contribution in [0, 0.1) is 0 Å². The number of nitrogens with one attached hydrogen (secondary N) is 1. The largest absolute Gasteiger partial charge is 0.314 e. The summed E-state index contributed by atoms with van der Waals surface area (Å²) < 4.78 is 0. The lowest BCUT2D eigenvalue weighted by molar-refractivity contribution is 0.228. The van der Waals surface area contributed by atoms with Crippen molar-refractivity contribution in [2.24, 2.45) is 0 Å². The van der Waals surface area contributed by atoms with Gasteiger partial charge in [0.2, 0.25) is 0 Å². The minimum atomic E-state index is 0.797. The van der Waals surface area contributed by atoms with Crippen molar-refractivity contribution in [1.29, 1.82) is 0 Å². The number of thioether (sulfide) groups is 1. The minimum absolute atomic E-state index is 0.797. The van der Waals surface area contributed by atoms with E-state index in [0.29, 0.717) is 0 Å². The van der Waals surface area contributed by atoms with Crippen molar-refractivity contribution in [3.8, 4) is 0 Å². The molecule has 1 heterocycles. The highest BCUT2D eigenvalue weighted by Crippen LogP contribution is 2.18. The van der Waals surface area contributed by atoms with Crippen LogP contribution in [0.4, 0.5) is 0 Å². The molecule has 0 aromatic carbocycles. The van der Waals surface area contributed by atoms with E-state index < -0.39 is 0 Å². The summed E-state index contributed by atoms with van der Waals surface area (Å²) in [7, 11) is 0. The zero-order chi connectivity index (χ0) is 11.2. The summed E-state index contributed by atoms with van der Waals surface area (Å²) >= 11 is 2.11. The van der Waals surface area contributed by atoms with Crippen molar-refractivity contribution >= 4 is 11.8 Å². The molecule has 1 aliphatic carbocycles. The number of rotatable bonds is 5. The second-order valence-corrected chi connectivity index (χ2v) is 6.40. The molecule has 2 nitrogen and oxygen atoms in total. The smallest absolute Gasteiger partial charge is 0.0158 e. The molecule has 0 aromatic rings. The van der Waals surface area contributed by atoms with Crippen LogP contribution < -0.4 is 5.32 Å². The average molecular weight is 242 g/mol. The van der Waals surface area contributed by atoms with Crippen LogP contribution >= 0.6 is 11.8 Å². The predicted molar refractivity (Wildman–Crippen MR) is 73.2 cm³/mol. The van der Waals surface area contributed by atoms with E-state index in [1.165, 1.54) is 63.2 Å². The second-order valence-electron chi connectivity index (χ2n) is 5.25. The monoisotopic (exact) mass is 242 g/mol. The van der Waals surface area contributed by atoms with Crippen LogP contribution in [-0.2, 0) is 0 Å². The van der Waals surface area contributed by atoms with Gasteiger partial charge in [0, 0.05) is 30.1 Å². The lowest BCUT2D eigenvalue weighted by Crippen LogP contribution is -2.41. The molecule has 1 unspecified atom stereocenters. The molecule has 2 rings (SSSR count). The van der Waals surface area contributed by atoms with Crippen LogP contribution in [0.15, 0.2) is 0 Å². The second kappa shape index (κ2) is 6.87. The molecule has 0 amide bonds. The third-order valence-electron chi connectivity index (χ3n) is 3.92. The highest BCUT2D eigenvalue weighted by atomic mass is 32.2. The van der Waals surface area contributed by atoms with Gasteiger partial charge in [-0.1, -0.05) is 12.8 Å². The summed E-state index contributed by atoms with van der Waals surface area (Å²) in [4.78, 5) is 2.66. The Morgan fingerprint density at radius 3 is 2.88 bits per heavy atom. The quantitative estimate of drug-likeness (QED) is 0.745. The Balaban J connectivity index is 1.53. The Hall–Kier alpha value is 0.270. The molecule has 1 N–H and O–H groups in total. The summed E-state index contributed by atoms with van der Waals surface area (Å²) in [5.74, 6) is 2.66. The Bertz CT molecular complexity index is 192. The van der Waals surface area contributed by atoms with E-state index in [1.54, 1.807) is 0 Å². The molecule has 0 bridgehead atoms. The SMILES string of the molecule is CC1CSCCN1CCCNC1CCCC1. The fraction of sp³-hybridized carbons (Fsp3) is 1.00. The maximum atomic E-state index is 3.70. The van der Waals surface area contributed by atoms with Gasteiger partial charge in [-0.2, -0.15) is 11.8 Å². The van der Waals surface area contributed by atoms with Gasteiger partial charge in [-0.15, -0.1) is 0 Å². The average Bonchev–Trinajstić information content (AvgIpc) is 2.79. The lowest BCUT2D eigenvalue weighted by atomic mass is 10.2. The predicted octanol–water partition coefficient (Wildman–Crippen LogP) is 2.35. The van der Waals surface area contributed by atoms with Gasteiger partial charge in [0.1, 0.15) is 0 Å². The summed E-state index contributed by atoms with van der Waals surface area (Å²) in [5.41, 5.74) is 0. The van der Waals surface area contributed by atoms with Crippen molar-refractivity contribution in [2.75, 3.05) is 31.1 Å². The third-order valence-corrected chi connectivity index (χ3v) is 5.10. The van der Waals surface area contributed by atoms with Crippen LogP contribution in [0.2, 0.25) is 0 Å². The van der Waals surface area contributed by atoms with Gasteiger partial charge in [-0.25, -0.2) is 0 Å². The normalized spacial score (nSPS) is 28.7. The summed E-state index contributed by atoms with van der Waals surface area (Å²) in [6.07, 6.45) is 7.04. The number of nitrogens with zero attached hydrogens (tertiary/aromatic N) is 1. The molecule has 0 radical (unpaired) electrons. The molecular weight excluding hydrogens is 216 g/mol. The molecule has 2 aliphatic rings. The van der Waals surface area contributed by atoms with Gasteiger partial charge in [0.05, 0.1) is 0 Å². The van der Waals surface area contributed by atoms with Gasteiger partial charge in [0.25, 0.3) is 0 Å². The van der Waals surface area contributed by atoms with Crippen molar-refractivity contribution in [1.82, 2.24) is 10.2 Å². The summed E-state index contributed by atoms with van der Waals surface area (Å²) in [6.45, 7) is 6.19. The van der Waals surface area contributed by atoms with E-state index in [1.807, 2.05) is 0 Å². The fourth-order valence-corrected chi connectivity index (χ4v) is 3.89. The Morgan fingerprint density at radius 2 is 2.12 bits per heavy atom. The molecule has 94 valence electrons. The molecule has 2 fully saturated rings. The van der Waals surface area contributed by atoms with Crippen LogP contribution in [0.25, 0.3) is 0 Å². The first-order valence-electron chi connectivity index (χ1n) is 6.91. The maximum Gasteiger partial charge on any atom is 0.0158 e. The standard InChI is InChI=1S/C13H26N2S/c1-12-11-16-10-9-15(12)8-4-7-14-13-5-2-3-6-13/h12-14H,2-11H2,1H3. The van der Waals surface area contributed by atoms with E-state index in [0.717, 1.165) is 12.1 Å². The first-order valence-corrected chi connectivity index (χ1v) is 8.07. The van der Waals surface area contributed by atoms with Crippen LogP contribution in [0.1, 0.15) is 39.0 Å². The van der Waals surface area contributed by atoms with Crippen LogP contribution in [0.3, 0.4) is 0 Å². The van der Waals surface area contributed by atoms with Gasteiger partial charge >= 0.3 is 0 Å². The van der Waals surface area contributed by atoms with E-state index in [9.17, 15) is 0 Å². The van der Waals surface area contributed by atoms with Crippen molar-refractivity contribution in [2.45, 2.75) is 51.1 Å². The zero-order valence-corrected chi connectivity index (χ0v) is 11.4. The Kier molecular flexibility index (Phi) is 5.46. The lowest BCUT2D eigenvalue weighted by Gasteiger charge is -2.33. The zero-order valence-electron chi connectivity index (χ0n) is 10.6. The Morgan fingerprint density at radius 1 is 1.31 bits per heavy atom. The topological polar surface area (TPSA) is 15.3 Å². The van der Waals surface area contributed by atoms with Gasteiger partial charge in [-0.3, -0.25) is 4.90 Å². The molecular formula is C13H26N2S. The van der Waals surface area contributed by atoms with Crippen LogP contribution in [0.5, 0.6) is 0 Å². The van der Waals surface area contributed by atoms with Crippen molar-refractivity contribution in [3.63, 3.8) is 0 Å². The molecule has 1 saturated carbocycles. The van der Waals surface area contributed by atoms with E-state index in [2.05, 4.69) is 28.9 Å². The van der Waals surface area contributed by atoms with Gasteiger partial charge < -0.3 is 5.32 Å².